The van der Waals surface area contributed by atoms with Gasteiger partial charge in [-0.25, -0.2) is 0 Å². The topological polar surface area (TPSA) is 60.2 Å². The summed E-state index contributed by atoms with van der Waals surface area (Å²) in [6.45, 7) is 6.04. The first-order valence-electron chi connectivity index (χ1n) is 12.8. The van der Waals surface area contributed by atoms with Gasteiger partial charge in [-0.3, -0.25) is 0 Å². The quantitative estimate of drug-likeness (QED) is 0.173. The minimum absolute atomic E-state index is 0. The smallest absolute Gasteiger partial charge is 0.416 e. The second kappa shape index (κ2) is 12.1. The average molecular weight is 610 g/mol. The molecule has 5 rings (SSSR count). The molecule has 10 heteroatoms. The third-order valence-electron chi connectivity index (χ3n) is 7.15. The van der Waals surface area contributed by atoms with Gasteiger partial charge in [-0.15, -0.1) is 16.9 Å². The first kappa shape index (κ1) is 29.8. The number of benzene rings is 3. The maximum atomic E-state index is 12.8. The van der Waals surface area contributed by atoms with Gasteiger partial charge in [0.15, 0.2) is 0 Å². The number of hydrogen-bond acceptors (Lipinski definition) is 5. The first-order chi connectivity index (χ1) is 18.7. The van der Waals surface area contributed by atoms with Crippen molar-refractivity contribution in [2.75, 3.05) is 29.1 Å². The number of nitrogens with zero attached hydrogens (tertiary/aromatic N) is 3. The van der Waals surface area contributed by atoms with Gasteiger partial charge in [0, 0.05) is 68.6 Å². The number of aliphatic hydroxyl groups excluding tert-OH is 1. The van der Waals surface area contributed by atoms with Crippen molar-refractivity contribution in [2.45, 2.75) is 36.8 Å². The van der Waals surface area contributed by atoms with E-state index in [0.717, 1.165) is 48.8 Å². The van der Waals surface area contributed by atoms with Crippen LogP contribution in [0.4, 0.5) is 24.5 Å². The molecular weight excluding hydrogens is 580 g/mol. The number of allylic oxidation sites excluding steroid dienone is 2. The molecule has 211 valence electrons. The van der Waals surface area contributed by atoms with E-state index >= 15 is 0 Å². The summed E-state index contributed by atoms with van der Waals surface area (Å²) in [6.07, 6.45) is -0.223. The molecule has 3 aromatic carbocycles. The summed E-state index contributed by atoms with van der Waals surface area (Å²) in [5, 5.41) is 21.7. The number of halogens is 3. The fourth-order valence-corrected chi connectivity index (χ4v) is 6.17. The van der Waals surface area contributed by atoms with Crippen molar-refractivity contribution in [3.8, 4) is 0 Å². The Balaban J connectivity index is 0.00000370. The number of fused-ring (bicyclic) bond motifs is 2. The molecule has 2 N–H and O–H groups in total. The number of rotatable bonds is 6. The van der Waals surface area contributed by atoms with Crippen LogP contribution in [0.25, 0.3) is 0 Å². The van der Waals surface area contributed by atoms with E-state index in [0.29, 0.717) is 0 Å². The second-order valence-electron chi connectivity index (χ2n) is 9.69. The van der Waals surface area contributed by atoms with Crippen LogP contribution < -0.4 is 10.2 Å². The van der Waals surface area contributed by atoms with E-state index in [4.69, 9.17) is 0 Å². The third-order valence-corrected chi connectivity index (χ3v) is 8.21. The molecule has 0 spiro atoms. The zero-order valence-corrected chi connectivity index (χ0v) is 23.9. The number of alkyl halides is 3. The van der Waals surface area contributed by atoms with Crippen LogP contribution in [0.3, 0.4) is 0 Å². The van der Waals surface area contributed by atoms with Crippen LogP contribution in [0, 0.1) is 0 Å². The normalized spacial score (nSPS) is 19.8. The minimum atomic E-state index is -4.44. The molecule has 0 amide bonds. The predicted octanol–water partition coefficient (Wildman–Crippen LogP) is 7.44. The summed E-state index contributed by atoms with van der Waals surface area (Å²) >= 11 is 1.85. The molecule has 40 heavy (non-hydrogen) atoms. The molecule has 3 aromatic rings. The molecule has 0 saturated heterocycles. The predicted molar refractivity (Wildman–Crippen MR) is 153 cm³/mol. The fraction of sp³-hybridized carbons (Fsp3) is 0.267. The van der Waals surface area contributed by atoms with Crippen molar-refractivity contribution in [2.24, 2.45) is 10.2 Å². The van der Waals surface area contributed by atoms with Gasteiger partial charge in [0.25, 0.3) is 0 Å². The van der Waals surface area contributed by atoms with Crippen LogP contribution in [-0.4, -0.2) is 36.1 Å². The van der Waals surface area contributed by atoms with Crippen LogP contribution in [0.5, 0.6) is 0 Å². The van der Waals surface area contributed by atoms with Gasteiger partial charge in [0.1, 0.15) is 0 Å². The molecule has 1 radical (unpaired) electrons. The Bertz CT molecular complexity index is 1440. The van der Waals surface area contributed by atoms with Crippen molar-refractivity contribution in [1.82, 2.24) is 0 Å². The number of aliphatic hydroxyl groups is 1. The van der Waals surface area contributed by atoms with Crippen LogP contribution in [0.2, 0.25) is 0 Å². The number of likely N-dealkylation sites (N-methyl/N-ethyl adjacent to an activating group) is 1. The molecule has 5 nitrogen and oxygen atoms in total. The largest absolute Gasteiger partial charge is 0.492 e. The Kier molecular flexibility index (Phi) is 9.01. The molecule has 0 bridgehead atoms. The summed E-state index contributed by atoms with van der Waals surface area (Å²) in [5.74, 6) is 0.567. The Morgan fingerprint density at radius 2 is 1.85 bits per heavy atom. The van der Waals surface area contributed by atoms with E-state index < -0.39 is 17.6 Å². The Morgan fingerprint density at radius 3 is 2.52 bits per heavy atom. The zero-order chi connectivity index (χ0) is 27.6. The fourth-order valence-electron chi connectivity index (χ4n) is 5.27. The summed E-state index contributed by atoms with van der Waals surface area (Å²) in [5.41, 5.74) is 4.84. The first-order valence-corrected chi connectivity index (χ1v) is 13.7. The van der Waals surface area contributed by atoms with Crippen LogP contribution in [0.1, 0.15) is 36.1 Å². The Labute approximate surface area is 246 Å². The van der Waals surface area contributed by atoms with Crippen LogP contribution in [0.15, 0.2) is 93.6 Å². The molecule has 0 aromatic heterocycles. The van der Waals surface area contributed by atoms with Crippen molar-refractivity contribution in [1.29, 1.82) is 0 Å². The molecule has 2 aliphatic rings. The van der Waals surface area contributed by atoms with Gasteiger partial charge in [0.2, 0.25) is 5.90 Å². The van der Waals surface area contributed by atoms with E-state index in [1.807, 2.05) is 36.0 Å². The van der Waals surface area contributed by atoms with Gasteiger partial charge in [0.05, 0.1) is 11.8 Å². The van der Waals surface area contributed by atoms with E-state index in [1.54, 1.807) is 0 Å². The average Bonchev–Trinajstić information content (AvgIpc) is 3.15. The van der Waals surface area contributed by atoms with E-state index in [1.165, 1.54) is 40.1 Å². The van der Waals surface area contributed by atoms with Crippen LogP contribution >= 0.6 is 11.8 Å². The Morgan fingerprint density at radius 1 is 1.12 bits per heavy atom. The van der Waals surface area contributed by atoms with E-state index in [2.05, 4.69) is 58.5 Å². The van der Waals surface area contributed by atoms with Crippen molar-refractivity contribution >= 4 is 35.2 Å². The minimum Gasteiger partial charge on any atom is -0.492 e. The molecule has 1 unspecified atom stereocenters. The van der Waals surface area contributed by atoms with Crippen LogP contribution in [-0.2, 0) is 34.8 Å². The van der Waals surface area contributed by atoms with Gasteiger partial charge in [-0.2, -0.15) is 18.3 Å². The van der Waals surface area contributed by atoms with Gasteiger partial charge in [-0.05, 0) is 73.9 Å². The number of hydrogen-bond donors (Lipinski definition) is 2. The zero-order valence-electron chi connectivity index (χ0n) is 22.0. The summed E-state index contributed by atoms with van der Waals surface area (Å²) < 4.78 is 38.5. The SMILES string of the molecule is CCN1\C(=C/C=N/N=C(\O)c2ccc(C(F)(F)F)cc2)C(C)(Cc2ccccc2)c2cc3c(cc21)SCCN3.[Co]. The van der Waals surface area contributed by atoms with Crippen molar-refractivity contribution in [3.63, 3.8) is 0 Å². The van der Waals surface area contributed by atoms with Crippen molar-refractivity contribution in [3.05, 3.63) is 101 Å². The number of anilines is 2. The summed E-state index contributed by atoms with van der Waals surface area (Å²) in [4.78, 5) is 3.53. The number of nitrogens with one attached hydrogen (secondary N) is 1. The number of thioether (sulfide) groups is 1. The van der Waals surface area contributed by atoms with E-state index in [-0.39, 0.29) is 27.8 Å². The monoisotopic (exact) mass is 609 g/mol. The van der Waals surface area contributed by atoms with Gasteiger partial charge >= 0.3 is 6.18 Å². The third kappa shape index (κ3) is 5.94. The second-order valence-corrected chi connectivity index (χ2v) is 10.8. The summed E-state index contributed by atoms with van der Waals surface area (Å²) in [6, 6.07) is 19.0. The standard InChI is InChI=1S/C30H29F3N4OS.Co/c1-3-37-25-18-26-24(34-15-16-39-26)17-23(25)29(2,19-20-7-5-4-6-8-20)27(37)13-14-35-36-28(38)21-9-11-22(12-10-21)30(31,32)33;/h4-14,17-18,34H,3,15-16,19H2,1-2H3,(H,36,38);/b27-13-,35-14+;. The van der Waals surface area contributed by atoms with Gasteiger partial charge in [-0.1, -0.05) is 30.3 Å². The Hall–Kier alpha value is -3.21. The van der Waals surface area contributed by atoms with E-state index in [9.17, 15) is 18.3 Å². The summed E-state index contributed by atoms with van der Waals surface area (Å²) in [7, 11) is 0. The molecular formula is C30H29CoF3N4OS. The maximum absolute atomic E-state index is 12.8. The van der Waals surface area contributed by atoms with Gasteiger partial charge < -0.3 is 15.3 Å². The molecule has 1 atom stereocenters. The molecule has 0 aliphatic carbocycles. The molecule has 2 heterocycles. The molecule has 0 fully saturated rings. The molecule has 2 aliphatic heterocycles. The van der Waals surface area contributed by atoms with Crippen molar-refractivity contribution < 1.29 is 35.1 Å². The maximum Gasteiger partial charge on any atom is 0.416 e. The molecule has 0 saturated carbocycles.